The average molecular weight is 236 g/mol. The van der Waals surface area contributed by atoms with Crippen molar-refractivity contribution in [1.29, 1.82) is 0 Å². The van der Waals surface area contributed by atoms with Crippen molar-refractivity contribution in [3.63, 3.8) is 0 Å². The molecule has 1 aromatic rings. The Morgan fingerprint density at radius 1 is 1.47 bits per heavy atom. The van der Waals surface area contributed by atoms with E-state index in [0.717, 1.165) is 12.1 Å². The smallest absolute Gasteiger partial charge is 0.339 e. The van der Waals surface area contributed by atoms with Gasteiger partial charge in [0.1, 0.15) is 11.4 Å². The van der Waals surface area contributed by atoms with Crippen LogP contribution in [-0.2, 0) is 0 Å². The molecule has 0 aliphatic rings. The van der Waals surface area contributed by atoms with E-state index in [4.69, 9.17) is 5.11 Å². The second-order valence-electron chi connectivity index (χ2n) is 4.47. The van der Waals surface area contributed by atoms with Gasteiger partial charge in [0.05, 0.1) is 0 Å². The fraction of sp³-hybridized carbons (Fsp3) is 0.538. The highest BCUT2D eigenvalue weighted by molar-refractivity contribution is 5.93. The standard InChI is InChI=1S/C13H20N2O2/c1-5-8(2)10(4)15-12-11(13(16)17)7-6-9(3)14-12/h6-8,10H,5H2,1-4H3,(H,14,15)(H,16,17). The predicted octanol–water partition coefficient (Wildman–Crippen LogP) is 2.93. The molecule has 1 heterocycles. The third-order valence-corrected chi connectivity index (χ3v) is 3.13. The normalized spacial score (nSPS) is 14.1. The third kappa shape index (κ3) is 3.44. The quantitative estimate of drug-likeness (QED) is 0.825. The molecule has 0 saturated heterocycles. The van der Waals surface area contributed by atoms with E-state index in [1.807, 2.05) is 13.8 Å². The summed E-state index contributed by atoms with van der Waals surface area (Å²) in [6, 6.07) is 3.51. The maximum absolute atomic E-state index is 11.1. The van der Waals surface area contributed by atoms with Gasteiger partial charge < -0.3 is 10.4 Å². The maximum atomic E-state index is 11.1. The number of rotatable bonds is 5. The Morgan fingerprint density at radius 2 is 2.12 bits per heavy atom. The fourth-order valence-corrected chi connectivity index (χ4v) is 1.55. The van der Waals surface area contributed by atoms with Gasteiger partial charge in [-0.1, -0.05) is 20.3 Å². The molecule has 4 heteroatoms. The molecule has 0 bridgehead atoms. The lowest BCUT2D eigenvalue weighted by atomic mass is 10.0. The van der Waals surface area contributed by atoms with Crippen molar-refractivity contribution < 1.29 is 9.90 Å². The summed E-state index contributed by atoms with van der Waals surface area (Å²) in [4.78, 5) is 15.3. The van der Waals surface area contributed by atoms with Crippen LogP contribution in [0, 0.1) is 12.8 Å². The van der Waals surface area contributed by atoms with Gasteiger partial charge in [-0.15, -0.1) is 0 Å². The van der Waals surface area contributed by atoms with Gasteiger partial charge in [0.2, 0.25) is 0 Å². The number of nitrogens with one attached hydrogen (secondary N) is 1. The number of carboxylic acids is 1. The number of aromatic nitrogens is 1. The number of nitrogens with zero attached hydrogens (tertiary/aromatic N) is 1. The highest BCUT2D eigenvalue weighted by Gasteiger charge is 2.16. The largest absolute Gasteiger partial charge is 0.478 e. The molecule has 4 nitrogen and oxygen atoms in total. The van der Waals surface area contributed by atoms with Crippen molar-refractivity contribution in [3.05, 3.63) is 23.4 Å². The van der Waals surface area contributed by atoms with Crippen molar-refractivity contribution in [1.82, 2.24) is 4.98 Å². The molecule has 0 aromatic carbocycles. The first-order valence-corrected chi connectivity index (χ1v) is 5.93. The van der Waals surface area contributed by atoms with Crippen molar-refractivity contribution in [2.45, 2.75) is 40.2 Å². The third-order valence-electron chi connectivity index (χ3n) is 3.13. The molecule has 0 radical (unpaired) electrons. The van der Waals surface area contributed by atoms with Gasteiger partial charge >= 0.3 is 5.97 Å². The molecule has 2 N–H and O–H groups in total. The average Bonchev–Trinajstić information content (AvgIpc) is 2.27. The van der Waals surface area contributed by atoms with E-state index < -0.39 is 5.97 Å². The summed E-state index contributed by atoms with van der Waals surface area (Å²) in [6.07, 6.45) is 1.04. The van der Waals surface area contributed by atoms with E-state index in [1.54, 1.807) is 12.1 Å². The Balaban J connectivity index is 2.96. The SMILES string of the molecule is CCC(C)C(C)Nc1nc(C)ccc1C(=O)O. The predicted molar refractivity (Wildman–Crippen MR) is 68.5 cm³/mol. The van der Waals surface area contributed by atoms with E-state index in [2.05, 4.69) is 24.1 Å². The molecule has 1 rings (SSSR count). The number of carboxylic acid groups (broad SMARTS) is 1. The van der Waals surface area contributed by atoms with E-state index in [9.17, 15) is 4.79 Å². The molecule has 0 aliphatic carbocycles. The summed E-state index contributed by atoms with van der Waals surface area (Å²) in [5.74, 6) is -0.0133. The van der Waals surface area contributed by atoms with Crippen LogP contribution in [0.5, 0.6) is 0 Å². The van der Waals surface area contributed by atoms with Crippen LogP contribution in [-0.4, -0.2) is 22.1 Å². The van der Waals surface area contributed by atoms with Gasteiger partial charge in [0, 0.05) is 11.7 Å². The summed E-state index contributed by atoms with van der Waals surface area (Å²) in [5.41, 5.74) is 1.04. The minimum absolute atomic E-state index is 0.201. The first-order valence-electron chi connectivity index (χ1n) is 5.93. The monoisotopic (exact) mass is 236 g/mol. The highest BCUT2D eigenvalue weighted by Crippen LogP contribution is 2.18. The lowest BCUT2D eigenvalue weighted by Gasteiger charge is -2.21. The second-order valence-corrected chi connectivity index (χ2v) is 4.47. The zero-order valence-electron chi connectivity index (χ0n) is 10.8. The van der Waals surface area contributed by atoms with E-state index in [-0.39, 0.29) is 11.6 Å². The van der Waals surface area contributed by atoms with Gasteiger partial charge in [0.15, 0.2) is 0 Å². The molecule has 2 atom stereocenters. The second kappa shape index (κ2) is 5.66. The van der Waals surface area contributed by atoms with E-state index >= 15 is 0 Å². The van der Waals surface area contributed by atoms with Gasteiger partial charge in [-0.3, -0.25) is 0 Å². The number of aromatic carboxylic acids is 1. The Hall–Kier alpha value is -1.58. The number of carbonyl (C=O) groups is 1. The zero-order chi connectivity index (χ0) is 13.0. The van der Waals surface area contributed by atoms with Crippen LogP contribution in [0.4, 0.5) is 5.82 Å². The van der Waals surface area contributed by atoms with Crippen LogP contribution >= 0.6 is 0 Å². The number of pyridine rings is 1. The number of aryl methyl sites for hydroxylation is 1. The van der Waals surface area contributed by atoms with Gasteiger partial charge in [0.25, 0.3) is 0 Å². The molecule has 0 aliphatic heterocycles. The molecule has 0 fully saturated rings. The minimum Gasteiger partial charge on any atom is -0.478 e. The Morgan fingerprint density at radius 3 is 2.65 bits per heavy atom. The molecule has 1 aromatic heterocycles. The van der Waals surface area contributed by atoms with Gasteiger partial charge in [-0.2, -0.15) is 0 Å². The van der Waals surface area contributed by atoms with Crippen molar-refractivity contribution in [2.24, 2.45) is 5.92 Å². The topological polar surface area (TPSA) is 62.2 Å². The Labute approximate surface area is 102 Å². The van der Waals surface area contributed by atoms with Crippen molar-refractivity contribution in [3.8, 4) is 0 Å². The summed E-state index contributed by atoms with van der Waals surface area (Å²) in [6.45, 7) is 8.15. The van der Waals surface area contributed by atoms with Crippen LogP contribution in [0.25, 0.3) is 0 Å². The zero-order valence-corrected chi connectivity index (χ0v) is 10.8. The first-order chi connectivity index (χ1) is 7.95. The molecular weight excluding hydrogens is 216 g/mol. The van der Waals surface area contributed by atoms with Gasteiger partial charge in [-0.05, 0) is 31.9 Å². The highest BCUT2D eigenvalue weighted by atomic mass is 16.4. The lowest BCUT2D eigenvalue weighted by Crippen LogP contribution is -2.25. The molecule has 0 spiro atoms. The molecule has 0 saturated carbocycles. The molecular formula is C13H20N2O2. The number of hydrogen-bond acceptors (Lipinski definition) is 3. The fourth-order valence-electron chi connectivity index (χ4n) is 1.55. The Kier molecular flexibility index (Phi) is 4.49. The Bertz CT molecular complexity index is 404. The summed E-state index contributed by atoms with van der Waals surface area (Å²) in [5, 5.41) is 12.3. The minimum atomic E-state index is -0.948. The number of hydrogen-bond donors (Lipinski definition) is 2. The van der Waals surface area contributed by atoms with Crippen molar-refractivity contribution in [2.75, 3.05) is 5.32 Å². The molecule has 17 heavy (non-hydrogen) atoms. The van der Waals surface area contributed by atoms with Crippen LogP contribution in [0.3, 0.4) is 0 Å². The maximum Gasteiger partial charge on any atom is 0.339 e. The molecule has 94 valence electrons. The van der Waals surface area contributed by atoms with Crippen molar-refractivity contribution >= 4 is 11.8 Å². The van der Waals surface area contributed by atoms with Gasteiger partial charge in [-0.25, -0.2) is 9.78 Å². The number of anilines is 1. The van der Waals surface area contributed by atoms with E-state index in [0.29, 0.717) is 11.7 Å². The summed E-state index contributed by atoms with van der Waals surface area (Å²) in [7, 11) is 0. The summed E-state index contributed by atoms with van der Waals surface area (Å²) < 4.78 is 0. The van der Waals surface area contributed by atoms with Crippen LogP contribution in [0.15, 0.2) is 12.1 Å². The van der Waals surface area contributed by atoms with Crippen LogP contribution < -0.4 is 5.32 Å². The first kappa shape index (κ1) is 13.5. The lowest BCUT2D eigenvalue weighted by molar-refractivity contribution is 0.0697. The summed E-state index contributed by atoms with van der Waals surface area (Å²) >= 11 is 0. The van der Waals surface area contributed by atoms with E-state index in [1.165, 1.54) is 0 Å². The van der Waals surface area contributed by atoms with Crippen LogP contribution in [0.2, 0.25) is 0 Å². The molecule has 0 amide bonds. The molecule has 2 unspecified atom stereocenters. The van der Waals surface area contributed by atoms with Crippen LogP contribution in [0.1, 0.15) is 43.2 Å².